The van der Waals surface area contributed by atoms with E-state index in [1.54, 1.807) is 18.5 Å². The Hall–Kier alpha value is -1.68. The van der Waals surface area contributed by atoms with E-state index in [1.165, 1.54) is 5.56 Å². The third-order valence-corrected chi connectivity index (χ3v) is 3.11. The van der Waals surface area contributed by atoms with Gasteiger partial charge in [0.05, 0.1) is 0 Å². The van der Waals surface area contributed by atoms with Gasteiger partial charge in [-0.1, -0.05) is 32.4 Å². The molecule has 5 heteroatoms. The van der Waals surface area contributed by atoms with E-state index in [-0.39, 0.29) is 5.41 Å². The van der Waals surface area contributed by atoms with E-state index in [2.05, 4.69) is 40.6 Å². The SMILES string of the molecule is CN(Cc1ccncc1)c1cc(Cl)nc(C(C)(C)C)n1. The Kier molecular flexibility index (Phi) is 4.23. The molecule has 0 aliphatic rings. The Bertz CT molecular complexity index is 578. The molecule has 0 unspecified atom stereocenters. The minimum absolute atomic E-state index is 0.128. The van der Waals surface area contributed by atoms with E-state index in [4.69, 9.17) is 11.6 Å². The van der Waals surface area contributed by atoms with Crippen molar-refractivity contribution < 1.29 is 0 Å². The first-order chi connectivity index (χ1) is 9.36. The molecule has 2 aromatic heterocycles. The fourth-order valence-corrected chi connectivity index (χ4v) is 1.96. The van der Waals surface area contributed by atoms with Crippen LogP contribution in [0, 0.1) is 0 Å². The highest BCUT2D eigenvalue weighted by molar-refractivity contribution is 6.29. The molecular weight excluding hydrogens is 272 g/mol. The maximum absolute atomic E-state index is 6.12. The molecule has 0 radical (unpaired) electrons. The summed E-state index contributed by atoms with van der Waals surface area (Å²) in [6.45, 7) is 6.97. The molecule has 0 amide bonds. The summed E-state index contributed by atoms with van der Waals surface area (Å²) in [5, 5.41) is 0.474. The summed E-state index contributed by atoms with van der Waals surface area (Å²) in [5.41, 5.74) is 1.05. The van der Waals surface area contributed by atoms with E-state index in [0.29, 0.717) is 5.15 Å². The molecule has 2 rings (SSSR count). The maximum atomic E-state index is 6.12. The molecule has 20 heavy (non-hydrogen) atoms. The van der Waals surface area contributed by atoms with E-state index in [9.17, 15) is 0 Å². The normalized spacial score (nSPS) is 11.4. The fraction of sp³-hybridized carbons (Fsp3) is 0.400. The fourth-order valence-electron chi connectivity index (χ4n) is 1.78. The average molecular weight is 291 g/mol. The first-order valence-electron chi connectivity index (χ1n) is 6.51. The predicted molar refractivity (Wildman–Crippen MR) is 82.1 cm³/mol. The van der Waals surface area contributed by atoms with Gasteiger partial charge in [-0.2, -0.15) is 0 Å². The minimum atomic E-state index is -0.128. The van der Waals surface area contributed by atoms with Crippen molar-refractivity contribution in [1.82, 2.24) is 15.0 Å². The number of hydrogen-bond donors (Lipinski definition) is 0. The summed E-state index contributed by atoms with van der Waals surface area (Å²) in [4.78, 5) is 15.0. The van der Waals surface area contributed by atoms with Crippen LogP contribution in [-0.2, 0) is 12.0 Å². The van der Waals surface area contributed by atoms with Crippen molar-refractivity contribution in [2.24, 2.45) is 0 Å². The van der Waals surface area contributed by atoms with Crippen LogP contribution < -0.4 is 4.90 Å². The largest absolute Gasteiger partial charge is 0.355 e. The number of hydrogen-bond acceptors (Lipinski definition) is 4. The predicted octanol–water partition coefficient (Wildman–Crippen LogP) is 3.46. The lowest BCUT2D eigenvalue weighted by atomic mass is 9.96. The molecule has 0 atom stereocenters. The standard InChI is InChI=1S/C15H19ClN4/c1-15(2,3)14-18-12(16)9-13(19-14)20(4)10-11-5-7-17-8-6-11/h5-9H,10H2,1-4H3. The van der Waals surface area contributed by atoms with Crippen molar-refractivity contribution in [2.75, 3.05) is 11.9 Å². The van der Waals surface area contributed by atoms with Crippen LogP contribution in [-0.4, -0.2) is 22.0 Å². The van der Waals surface area contributed by atoms with Gasteiger partial charge in [0.25, 0.3) is 0 Å². The maximum Gasteiger partial charge on any atom is 0.137 e. The Morgan fingerprint density at radius 2 is 1.80 bits per heavy atom. The molecule has 0 saturated heterocycles. The summed E-state index contributed by atoms with van der Waals surface area (Å²) in [6.07, 6.45) is 3.58. The molecule has 4 nitrogen and oxygen atoms in total. The Labute approximate surface area is 124 Å². The van der Waals surface area contributed by atoms with Crippen LogP contribution in [0.5, 0.6) is 0 Å². The lowest BCUT2D eigenvalue weighted by Crippen LogP contribution is -2.22. The number of nitrogens with zero attached hydrogens (tertiary/aromatic N) is 4. The van der Waals surface area contributed by atoms with Crippen LogP contribution in [0.2, 0.25) is 5.15 Å². The molecule has 0 aliphatic carbocycles. The molecule has 2 heterocycles. The molecule has 0 aromatic carbocycles. The van der Waals surface area contributed by atoms with Gasteiger partial charge in [-0.3, -0.25) is 4.98 Å². The minimum Gasteiger partial charge on any atom is -0.355 e. The molecule has 2 aromatic rings. The lowest BCUT2D eigenvalue weighted by molar-refractivity contribution is 0.544. The quantitative estimate of drug-likeness (QED) is 0.812. The second-order valence-corrected chi connectivity index (χ2v) is 6.22. The summed E-state index contributed by atoms with van der Waals surface area (Å²) < 4.78 is 0. The van der Waals surface area contributed by atoms with Gasteiger partial charge < -0.3 is 4.90 Å². The highest BCUT2D eigenvalue weighted by Crippen LogP contribution is 2.24. The van der Waals surface area contributed by atoms with Gasteiger partial charge in [-0.05, 0) is 17.7 Å². The second-order valence-electron chi connectivity index (χ2n) is 5.83. The van der Waals surface area contributed by atoms with Crippen LogP contribution >= 0.6 is 11.6 Å². The van der Waals surface area contributed by atoms with Gasteiger partial charge in [0.2, 0.25) is 0 Å². The van der Waals surface area contributed by atoms with Crippen molar-refractivity contribution in [3.05, 3.63) is 47.1 Å². The van der Waals surface area contributed by atoms with E-state index < -0.39 is 0 Å². The molecule has 0 saturated carbocycles. The van der Waals surface area contributed by atoms with Crippen molar-refractivity contribution in [3.63, 3.8) is 0 Å². The zero-order chi connectivity index (χ0) is 14.8. The smallest absolute Gasteiger partial charge is 0.137 e. The van der Waals surface area contributed by atoms with Gasteiger partial charge in [0.15, 0.2) is 0 Å². The molecule has 106 valence electrons. The molecule has 0 aliphatic heterocycles. The van der Waals surface area contributed by atoms with Crippen molar-refractivity contribution in [3.8, 4) is 0 Å². The van der Waals surface area contributed by atoms with Crippen LogP contribution in [0.1, 0.15) is 32.2 Å². The number of pyridine rings is 1. The highest BCUT2D eigenvalue weighted by atomic mass is 35.5. The summed E-state index contributed by atoms with van der Waals surface area (Å²) in [7, 11) is 1.99. The van der Waals surface area contributed by atoms with Gasteiger partial charge in [0.1, 0.15) is 16.8 Å². The Morgan fingerprint density at radius 1 is 1.15 bits per heavy atom. The highest BCUT2D eigenvalue weighted by Gasteiger charge is 2.19. The molecule has 0 spiro atoms. The van der Waals surface area contributed by atoms with Crippen LogP contribution in [0.25, 0.3) is 0 Å². The van der Waals surface area contributed by atoms with Crippen LogP contribution in [0.3, 0.4) is 0 Å². The van der Waals surface area contributed by atoms with E-state index >= 15 is 0 Å². The summed E-state index contributed by atoms with van der Waals surface area (Å²) in [6, 6.07) is 5.77. The van der Waals surface area contributed by atoms with Gasteiger partial charge in [0, 0.05) is 37.5 Å². The van der Waals surface area contributed by atoms with Crippen molar-refractivity contribution in [2.45, 2.75) is 32.7 Å². The van der Waals surface area contributed by atoms with E-state index in [0.717, 1.165) is 18.2 Å². The first-order valence-corrected chi connectivity index (χ1v) is 6.89. The topological polar surface area (TPSA) is 41.9 Å². The van der Waals surface area contributed by atoms with Gasteiger partial charge in [-0.25, -0.2) is 9.97 Å². The van der Waals surface area contributed by atoms with Gasteiger partial charge in [-0.15, -0.1) is 0 Å². The van der Waals surface area contributed by atoms with Crippen LogP contribution in [0.4, 0.5) is 5.82 Å². The van der Waals surface area contributed by atoms with Crippen LogP contribution in [0.15, 0.2) is 30.6 Å². The molecular formula is C15H19ClN4. The van der Waals surface area contributed by atoms with Gasteiger partial charge >= 0.3 is 0 Å². The molecule has 0 N–H and O–H groups in total. The number of anilines is 1. The summed E-state index contributed by atoms with van der Waals surface area (Å²) in [5.74, 6) is 1.58. The lowest BCUT2D eigenvalue weighted by Gasteiger charge is -2.22. The zero-order valence-electron chi connectivity index (χ0n) is 12.3. The first kappa shape index (κ1) is 14.7. The molecule has 0 bridgehead atoms. The van der Waals surface area contributed by atoms with Crippen molar-refractivity contribution in [1.29, 1.82) is 0 Å². The Morgan fingerprint density at radius 3 is 2.40 bits per heavy atom. The van der Waals surface area contributed by atoms with E-state index in [1.807, 2.05) is 19.2 Å². The number of halogens is 1. The second kappa shape index (κ2) is 5.75. The number of rotatable bonds is 3. The molecule has 0 fully saturated rings. The number of aromatic nitrogens is 3. The third-order valence-electron chi connectivity index (χ3n) is 2.91. The zero-order valence-corrected chi connectivity index (χ0v) is 13.0. The monoisotopic (exact) mass is 290 g/mol. The Balaban J connectivity index is 2.26. The summed E-state index contributed by atoms with van der Waals surface area (Å²) >= 11 is 6.12. The third kappa shape index (κ3) is 3.67. The van der Waals surface area contributed by atoms with Crippen molar-refractivity contribution >= 4 is 17.4 Å². The average Bonchev–Trinajstić information content (AvgIpc) is 2.38.